The number of methoxy groups -OCH3 is 1. The Morgan fingerprint density at radius 3 is 2.94 bits per heavy atom. The van der Waals surface area contributed by atoms with E-state index in [0.717, 1.165) is 41.7 Å². The standard InChI is InChI=1S/C25H30N2O4S2/c1-31-22-10-8-18-4-2-5-19(24(18)26-22)21(28)9-7-17-11-12-27(16-20(17)25(29)30)13-15-33-23-6-3-14-32-23/h2-6,8,10,14,17,20-21,28H,7,9,11-13,15-16H2,1H3,(H,29,30)/t17-,20+,21?/m1/s1. The van der Waals surface area contributed by atoms with Gasteiger partial charge in [-0.1, -0.05) is 24.3 Å². The number of aromatic nitrogens is 1. The van der Waals surface area contributed by atoms with E-state index >= 15 is 0 Å². The number of ether oxygens (including phenoxy) is 1. The van der Waals surface area contributed by atoms with Gasteiger partial charge in [0.2, 0.25) is 5.88 Å². The van der Waals surface area contributed by atoms with Gasteiger partial charge in [0.15, 0.2) is 0 Å². The second-order valence-electron chi connectivity index (χ2n) is 8.44. The number of hydrogen-bond acceptors (Lipinski definition) is 7. The minimum atomic E-state index is -0.735. The number of carbonyl (C=O) groups is 1. The zero-order valence-corrected chi connectivity index (χ0v) is 20.4. The fourth-order valence-electron chi connectivity index (χ4n) is 4.58. The van der Waals surface area contributed by atoms with Gasteiger partial charge in [-0.05, 0) is 49.2 Å². The molecule has 1 aromatic carbocycles. The van der Waals surface area contributed by atoms with Crippen LogP contribution < -0.4 is 4.74 Å². The summed E-state index contributed by atoms with van der Waals surface area (Å²) in [6.45, 7) is 2.38. The molecule has 2 N–H and O–H groups in total. The summed E-state index contributed by atoms with van der Waals surface area (Å²) >= 11 is 3.57. The summed E-state index contributed by atoms with van der Waals surface area (Å²) in [6, 6.07) is 13.7. The van der Waals surface area contributed by atoms with E-state index in [1.807, 2.05) is 42.1 Å². The molecular formula is C25H30N2O4S2. The van der Waals surface area contributed by atoms with Gasteiger partial charge in [0.25, 0.3) is 0 Å². The van der Waals surface area contributed by atoms with Crippen LogP contribution >= 0.6 is 23.1 Å². The van der Waals surface area contributed by atoms with E-state index in [-0.39, 0.29) is 5.92 Å². The van der Waals surface area contributed by atoms with Crippen molar-refractivity contribution in [3.63, 3.8) is 0 Å². The van der Waals surface area contributed by atoms with Gasteiger partial charge in [-0.25, -0.2) is 4.98 Å². The molecule has 3 heterocycles. The number of piperidine rings is 1. The summed E-state index contributed by atoms with van der Waals surface area (Å²) in [7, 11) is 1.58. The van der Waals surface area contributed by atoms with Crippen LogP contribution in [0, 0.1) is 11.8 Å². The fraction of sp³-hybridized carbons (Fsp3) is 0.440. The monoisotopic (exact) mass is 486 g/mol. The summed E-state index contributed by atoms with van der Waals surface area (Å²) < 4.78 is 6.55. The number of aliphatic hydroxyl groups excluding tert-OH is 1. The molecular weight excluding hydrogens is 456 g/mol. The Labute approximate surface area is 202 Å². The molecule has 0 bridgehead atoms. The van der Waals surface area contributed by atoms with E-state index in [2.05, 4.69) is 27.4 Å². The minimum absolute atomic E-state index is 0.0656. The van der Waals surface area contributed by atoms with E-state index in [1.165, 1.54) is 4.21 Å². The average Bonchev–Trinajstić information content (AvgIpc) is 3.35. The summed E-state index contributed by atoms with van der Waals surface area (Å²) in [4.78, 5) is 18.8. The van der Waals surface area contributed by atoms with E-state index in [1.54, 1.807) is 18.4 Å². The first-order valence-corrected chi connectivity index (χ1v) is 13.1. The van der Waals surface area contributed by atoms with Crippen LogP contribution in [0.15, 0.2) is 52.1 Å². The first-order valence-electron chi connectivity index (χ1n) is 11.3. The van der Waals surface area contributed by atoms with Crippen LogP contribution in [-0.4, -0.2) is 58.6 Å². The Bertz CT molecular complexity index is 1060. The average molecular weight is 487 g/mol. The number of carboxylic acid groups (broad SMARTS) is 1. The van der Waals surface area contributed by atoms with Crippen LogP contribution in [-0.2, 0) is 4.79 Å². The highest BCUT2D eigenvalue weighted by molar-refractivity contribution is 8.01. The molecule has 3 aromatic rings. The van der Waals surface area contributed by atoms with Crippen LogP contribution in [0.25, 0.3) is 10.9 Å². The van der Waals surface area contributed by atoms with Gasteiger partial charge in [-0.2, -0.15) is 0 Å². The van der Waals surface area contributed by atoms with Crippen LogP contribution in [0.3, 0.4) is 0 Å². The maximum atomic E-state index is 12.0. The van der Waals surface area contributed by atoms with Gasteiger partial charge in [-0.15, -0.1) is 23.1 Å². The summed E-state index contributed by atoms with van der Waals surface area (Å²) in [5.41, 5.74) is 1.50. The number of carboxylic acids is 1. The predicted molar refractivity (Wildman–Crippen MR) is 133 cm³/mol. The maximum absolute atomic E-state index is 12.0. The normalized spacial score (nSPS) is 20.1. The lowest BCUT2D eigenvalue weighted by molar-refractivity contribution is -0.146. The molecule has 6 nitrogen and oxygen atoms in total. The van der Waals surface area contributed by atoms with E-state index in [0.29, 0.717) is 25.3 Å². The van der Waals surface area contributed by atoms with Crippen molar-refractivity contribution >= 4 is 40.0 Å². The predicted octanol–water partition coefficient (Wildman–Crippen LogP) is 4.93. The SMILES string of the molecule is COc1ccc2cccc(C(O)CC[C@@H]3CCN(CCSc4cccs4)C[C@@H]3C(=O)O)c2n1. The third kappa shape index (κ3) is 6.06. The minimum Gasteiger partial charge on any atom is -0.481 e. The van der Waals surface area contributed by atoms with Gasteiger partial charge < -0.3 is 19.8 Å². The maximum Gasteiger partial charge on any atom is 0.308 e. The number of benzene rings is 1. The number of rotatable bonds is 10. The zero-order valence-electron chi connectivity index (χ0n) is 18.7. The van der Waals surface area contributed by atoms with Crippen molar-refractivity contribution in [1.82, 2.24) is 9.88 Å². The summed E-state index contributed by atoms with van der Waals surface area (Å²) in [5.74, 6) is 0.409. The van der Waals surface area contributed by atoms with Crippen molar-refractivity contribution in [2.24, 2.45) is 11.8 Å². The fourth-order valence-corrected chi connectivity index (χ4v) is 6.44. The molecule has 0 radical (unpaired) electrons. The molecule has 0 spiro atoms. The van der Waals surface area contributed by atoms with Crippen molar-refractivity contribution in [3.8, 4) is 5.88 Å². The van der Waals surface area contributed by atoms with Crippen molar-refractivity contribution in [2.75, 3.05) is 32.5 Å². The molecule has 4 rings (SSSR count). The Morgan fingerprint density at radius 1 is 1.30 bits per heavy atom. The van der Waals surface area contributed by atoms with Gasteiger partial charge in [0.1, 0.15) is 0 Å². The van der Waals surface area contributed by atoms with Crippen molar-refractivity contribution in [3.05, 3.63) is 53.4 Å². The number of aliphatic carboxylic acids is 1. The third-order valence-electron chi connectivity index (χ3n) is 6.41. The second kappa shape index (κ2) is 11.3. The van der Waals surface area contributed by atoms with Crippen molar-refractivity contribution < 1.29 is 19.7 Å². The molecule has 0 saturated carbocycles. The van der Waals surface area contributed by atoms with Crippen LogP contribution in [0.4, 0.5) is 0 Å². The molecule has 0 amide bonds. The van der Waals surface area contributed by atoms with Crippen molar-refractivity contribution in [2.45, 2.75) is 29.6 Å². The summed E-state index contributed by atoms with van der Waals surface area (Å²) in [6.07, 6.45) is 1.34. The third-order valence-corrected chi connectivity index (χ3v) is 8.52. The number of hydrogen-bond donors (Lipinski definition) is 2. The van der Waals surface area contributed by atoms with Gasteiger partial charge in [0, 0.05) is 35.9 Å². The van der Waals surface area contributed by atoms with E-state index < -0.39 is 18.0 Å². The molecule has 1 unspecified atom stereocenters. The first-order chi connectivity index (χ1) is 16.0. The van der Waals surface area contributed by atoms with E-state index in [4.69, 9.17) is 4.74 Å². The zero-order chi connectivity index (χ0) is 23.2. The molecule has 0 aliphatic carbocycles. The number of para-hydroxylation sites is 1. The highest BCUT2D eigenvalue weighted by Gasteiger charge is 2.34. The number of nitrogens with zero attached hydrogens (tertiary/aromatic N) is 2. The highest BCUT2D eigenvalue weighted by Crippen LogP contribution is 2.33. The number of aliphatic hydroxyl groups is 1. The molecule has 3 atom stereocenters. The Hall–Kier alpha value is -2.13. The van der Waals surface area contributed by atoms with Gasteiger partial charge in [0.05, 0.1) is 28.9 Å². The molecule has 1 aliphatic rings. The molecule has 2 aromatic heterocycles. The lowest BCUT2D eigenvalue weighted by atomic mass is 9.81. The Balaban J connectivity index is 1.34. The van der Waals surface area contributed by atoms with Crippen LogP contribution in [0.1, 0.15) is 30.9 Å². The largest absolute Gasteiger partial charge is 0.481 e. The number of pyridine rings is 1. The number of fused-ring (bicyclic) bond motifs is 1. The highest BCUT2D eigenvalue weighted by atomic mass is 32.2. The van der Waals surface area contributed by atoms with Crippen LogP contribution in [0.2, 0.25) is 0 Å². The molecule has 1 fully saturated rings. The lowest BCUT2D eigenvalue weighted by Crippen LogP contribution is -2.44. The topological polar surface area (TPSA) is 82.9 Å². The lowest BCUT2D eigenvalue weighted by Gasteiger charge is -2.36. The number of thioether (sulfide) groups is 1. The first kappa shape index (κ1) is 24.0. The molecule has 176 valence electrons. The quantitative estimate of drug-likeness (QED) is 0.393. The van der Waals surface area contributed by atoms with Crippen LogP contribution in [0.5, 0.6) is 5.88 Å². The number of thiophene rings is 1. The molecule has 1 aliphatic heterocycles. The smallest absolute Gasteiger partial charge is 0.308 e. The van der Waals surface area contributed by atoms with Gasteiger partial charge in [-0.3, -0.25) is 4.79 Å². The molecule has 8 heteroatoms. The Kier molecular flexibility index (Phi) is 8.25. The summed E-state index contributed by atoms with van der Waals surface area (Å²) in [5, 5.41) is 23.8. The van der Waals surface area contributed by atoms with Gasteiger partial charge >= 0.3 is 5.97 Å². The Morgan fingerprint density at radius 2 is 2.18 bits per heavy atom. The van der Waals surface area contributed by atoms with Crippen molar-refractivity contribution in [1.29, 1.82) is 0 Å². The van der Waals surface area contributed by atoms with E-state index in [9.17, 15) is 15.0 Å². The second-order valence-corrected chi connectivity index (χ2v) is 10.8. The number of likely N-dealkylation sites (tertiary alicyclic amines) is 1. The molecule has 33 heavy (non-hydrogen) atoms. The molecule has 1 saturated heterocycles.